The first-order chi connectivity index (χ1) is 17.0. The van der Waals surface area contributed by atoms with Crippen molar-refractivity contribution in [2.45, 2.75) is 17.5 Å². The fourth-order valence-electron chi connectivity index (χ4n) is 4.18. The van der Waals surface area contributed by atoms with Crippen molar-refractivity contribution >= 4 is 32.4 Å². The summed E-state index contributed by atoms with van der Waals surface area (Å²) in [6, 6.07) is 26.8. The summed E-state index contributed by atoms with van der Waals surface area (Å²) in [6.45, 7) is 0.152. The molecule has 1 atom stereocenters. The van der Waals surface area contributed by atoms with Crippen LogP contribution in [0.3, 0.4) is 0 Å². The molecule has 1 N–H and O–H groups in total. The first-order valence-electron chi connectivity index (χ1n) is 11.1. The normalized spacial score (nSPS) is 15.2. The monoisotopic (exact) mass is 488 g/mol. The highest BCUT2D eigenvalue weighted by Crippen LogP contribution is 2.37. The predicted molar refractivity (Wildman–Crippen MR) is 134 cm³/mol. The molecular formula is C27H24N2O5S. The zero-order chi connectivity index (χ0) is 24.4. The second kappa shape index (κ2) is 9.31. The van der Waals surface area contributed by atoms with Crippen LogP contribution >= 0.6 is 0 Å². The number of nitrogens with zero attached hydrogens (tertiary/aromatic N) is 1. The minimum Gasteiger partial charge on any atom is -0.497 e. The Morgan fingerprint density at radius 3 is 2.49 bits per heavy atom. The maximum absolute atomic E-state index is 13.5. The Hall–Kier alpha value is -4.04. The summed E-state index contributed by atoms with van der Waals surface area (Å²) >= 11 is 0. The van der Waals surface area contributed by atoms with E-state index in [0.29, 0.717) is 23.7 Å². The number of benzene rings is 4. The molecule has 35 heavy (non-hydrogen) atoms. The third kappa shape index (κ3) is 4.40. The van der Waals surface area contributed by atoms with E-state index >= 15 is 0 Å². The molecule has 8 heteroatoms. The van der Waals surface area contributed by atoms with Gasteiger partial charge in [0.2, 0.25) is 0 Å². The number of para-hydroxylation sites is 2. The van der Waals surface area contributed by atoms with Gasteiger partial charge in [0.1, 0.15) is 11.5 Å². The van der Waals surface area contributed by atoms with E-state index in [-0.39, 0.29) is 17.3 Å². The van der Waals surface area contributed by atoms with Crippen molar-refractivity contribution in [3.8, 4) is 11.5 Å². The van der Waals surface area contributed by atoms with Crippen LogP contribution < -0.4 is 19.1 Å². The maximum atomic E-state index is 13.5. The van der Waals surface area contributed by atoms with Crippen molar-refractivity contribution in [3.63, 3.8) is 0 Å². The molecule has 1 heterocycles. The van der Waals surface area contributed by atoms with Gasteiger partial charge in [-0.1, -0.05) is 54.6 Å². The molecule has 0 saturated heterocycles. The van der Waals surface area contributed by atoms with Gasteiger partial charge in [0.25, 0.3) is 15.9 Å². The van der Waals surface area contributed by atoms with Crippen LogP contribution in [-0.2, 0) is 21.4 Å². The van der Waals surface area contributed by atoms with Crippen LogP contribution in [0, 0.1) is 0 Å². The van der Waals surface area contributed by atoms with Gasteiger partial charge in [-0.3, -0.25) is 9.10 Å². The van der Waals surface area contributed by atoms with E-state index in [1.54, 1.807) is 36.4 Å². The van der Waals surface area contributed by atoms with Crippen LogP contribution in [0.4, 0.5) is 5.69 Å². The van der Waals surface area contributed by atoms with E-state index < -0.39 is 16.1 Å². The number of carbonyl (C=O) groups excluding carboxylic acids is 1. The molecule has 4 aromatic rings. The van der Waals surface area contributed by atoms with Gasteiger partial charge >= 0.3 is 0 Å². The third-order valence-corrected chi connectivity index (χ3v) is 7.80. The van der Waals surface area contributed by atoms with Crippen LogP contribution in [-0.4, -0.2) is 34.1 Å². The Bertz CT molecular complexity index is 1480. The van der Waals surface area contributed by atoms with E-state index in [1.165, 1.54) is 23.5 Å². The Morgan fingerprint density at radius 1 is 0.971 bits per heavy atom. The van der Waals surface area contributed by atoms with Crippen LogP contribution in [0.2, 0.25) is 0 Å². The summed E-state index contributed by atoms with van der Waals surface area (Å²) in [7, 11) is -2.43. The first kappa shape index (κ1) is 22.7. The van der Waals surface area contributed by atoms with Crippen LogP contribution in [0.5, 0.6) is 11.5 Å². The zero-order valence-electron chi connectivity index (χ0n) is 19.0. The van der Waals surface area contributed by atoms with Crippen molar-refractivity contribution in [3.05, 3.63) is 96.6 Å². The lowest BCUT2D eigenvalue weighted by atomic mass is 10.0. The molecule has 5 rings (SSSR count). The van der Waals surface area contributed by atoms with Gasteiger partial charge in [0, 0.05) is 6.54 Å². The molecule has 0 spiro atoms. The average Bonchev–Trinajstić information content (AvgIpc) is 2.91. The van der Waals surface area contributed by atoms with Gasteiger partial charge < -0.3 is 14.8 Å². The van der Waals surface area contributed by atoms with Crippen LogP contribution in [0.25, 0.3) is 10.8 Å². The van der Waals surface area contributed by atoms with Gasteiger partial charge in [-0.25, -0.2) is 8.42 Å². The van der Waals surface area contributed by atoms with E-state index in [2.05, 4.69) is 5.32 Å². The SMILES string of the molecule is COc1ccc(S(=O)(=O)N2CC(C(=O)NCc3cccc4ccccc34)Oc3ccccc32)cc1. The molecule has 0 fully saturated rings. The second-order valence-corrected chi connectivity index (χ2v) is 10.0. The molecule has 1 aliphatic rings. The van der Waals surface area contributed by atoms with Crippen molar-refractivity contribution < 1.29 is 22.7 Å². The smallest absolute Gasteiger partial charge is 0.264 e. The quantitative estimate of drug-likeness (QED) is 0.441. The molecule has 0 radical (unpaired) electrons. The maximum Gasteiger partial charge on any atom is 0.264 e. The fourth-order valence-corrected chi connectivity index (χ4v) is 5.66. The topological polar surface area (TPSA) is 84.9 Å². The minimum atomic E-state index is -3.94. The molecule has 7 nitrogen and oxygen atoms in total. The molecule has 1 amide bonds. The first-order valence-corrected chi connectivity index (χ1v) is 12.6. The van der Waals surface area contributed by atoms with E-state index in [0.717, 1.165) is 16.3 Å². The van der Waals surface area contributed by atoms with Gasteiger partial charge in [0.05, 0.1) is 24.2 Å². The number of hydrogen-bond donors (Lipinski definition) is 1. The molecule has 1 aliphatic heterocycles. The fraction of sp³-hybridized carbons (Fsp3) is 0.148. The second-order valence-electron chi connectivity index (χ2n) is 8.14. The van der Waals surface area contributed by atoms with Crippen molar-refractivity contribution in [1.29, 1.82) is 0 Å². The lowest BCUT2D eigenvalue weighted by Crippen LogP contribution is -2.50. The molecule has 0 aliphatic carbocycles. The summed E-state index contributed by atoms with van der Waals surface area (Å²) < 4.78 is 39.4. The van der Waals surface area contributed by atoms with Crippen molar-refractivity contribution in [1.82, 2.24) is 5.32 Å². The molecule has 4 aromatic carbocycles. The number of amides is 1. The largest absolute Gasteiger partial charge is 0.497 e. The highest BCUT2D eigenvalue weighted by atomic mass is 32.2. The van der Waals surface area contributed by atoms with E-state index in [9.17, 15) is 13.2 Å². The standard InChI is InChI=1S/C27H24N2O5S/c1-33-21-13-15-22(16-14-21)35(31,32)29-18-26(34-25-12-5-4-11-24(25)29)27(30)28-17-20-9-6-8-19-7-2-3-10-23(19)20/h2-16,26H,17-18H2,1H3,(H,28,30). The highest BCUT2D eigenvalue weighted by molar-refractivity contribution is 7.92. The Labute approximate surface area is 204 Å². The molecule has 178 valence electrons. The van der Waals surface area contributed by atoms with Gasteiger partial charge in [0.15, 0.2) is 6.10 Å². The predicted octanol–water partition coefficient (Wildman–Crippen LogP) is 4.12. The summed E-state index contributed by atoms with van der Waals surface area (Å²) in [4.78, 5) is 13.2. The summed E-state index contributed by atoms with van der Waals surface area (Å²) in [5.74, 6) is 0.500. The number of carbonyl (C=O) groups is 1. The number of hydrogen-bond acceptors (Lipinski definition) is 5. The molecule has 0 aromatic heterocycles. The van der Waals surface area contributed by atoms with E-state index in [1.807, 2.05) is 42.5 Å². The number of rotatable bonds is 6. The Morgan fingerprint density at radius 2 is 1.69 bits per heavy atom. The Balaban J connectivity index is 1.40. The minimum absolute atomic E-state index is 0.102. The molecule has 0 bridgehead atoms. The summed E-state index contributed by atoms with van der Waals surface area (Å²) in [6.07, 6.45) is -1.01. The summed E-state index contributed by atoms with van der Waals surface area (Å²) in [5.41, 5.74) is 1.36. The highest BCUT2D eigenvalue weighted by Gasteiger charge is 2.37. The van der Waals surface area contributed by atoms with Crippen molar-refractivity contribution in [2.75, 3.05) is 18.0 Å². The average molecular weight is 489 g/mol. The number of fused-ring (bicyclic) bond motifs is 2. The molecule has 0 saturated carbocycles. The number of methoxy groups -OCH3 is 1. The number of anilines is 1. The number of ether oxygens (including phenoxy) is 2. The summed E-state index contributed by atoms with van der Waals surface area (Å²) in [5, 5.41) is 5.05. The molecular weight excluding hydrogens is 464 g/mol. The number of nitrogens with one attached hydrogen (secondary N) is 1. The number of sulfonamides is 1. The van der Waals surface area contributed by atoms with E-state index in [4.69, 9.17) is 9.47 Å². The van der Waals surface area contributed by atoms with Crippen LogP contribution in [0.1, 0.15) is 5.56 Å². The zero-order valence-corrected chi connectivity index (χ0v) is 19.9. The van der Waals surface area contributed by atoms with Gasteiger partial charge in [-0.15, -0.1) is 0 Å². The molecule has 1 unspecified atom stereocenters. The third-order valence-electron chi connectivity index (χ3n) is 6.01. The van der Waals surface area contributed by atoms with Gasteiger partial charge in [-0.2, -0.15) is 0 Å². The lowest BCUT2D eigenvalue weighted by Gasteiger charge is -2.34. The van der Waals surface area contributed by atoms with Crippen LogP contribution in [0.15, 0.2) is 95.9 Å². The van der Waals surface area contributed by atoms with Crippen molar-refractivity contribution in [2.24, 2.45) is 0 Å². The Kier molecular flexibility index (Phi) is 6.05. The van der Waals surface area contributed by atoms with Gasteiger partial charge in [-0.05, 0) is 52.7 Å². The lowest BCUT2D eigenvalue weighted by molar-refractivity contribution is -0.127.